The van der Waals surface area contributed by atoms with Crippen molar-refractivity contribution in [3.63, 3.8) is 0 Å². The number of nitrogens with one attached hydrogen (secondary N) is 1. The van der Waals surface area contributed by atoms with Gasteiger partial charge in [0.25, 0.3) is 17.7 Å². The highest BCUT2D eigenvalue weighted by Gasteiger charge is 2.52. The maximum Gasteiger partial charge on any atom is 0.352 e. The summed E-state index contributed by atoms with van der Waals surface area (Å²) in [5, 5.41) is 20.3. The number of carbonyl (C=O) groups excluding carboxylic acids is 2. The molecule has 2 amide bonds. The number of piperidine rings is 1. The lowest BCUT2D eigenvalue weighted by Gasteiger charge is -2.37. The molecule has 1 unspecified atom stereocenters. The number of anilines is 1. The van der Waals surface area contributed by atoms with Crippen LogP contribution in [-0.2, 0) is 10.7 Å². The predicted molar refractivity (Wildman–Crippen MR) is 102 cm³/mol. The summed E-state index contributed by atoms with van der Waals surface area (Å²) in [6.07, 6.45) is -2.76. The van der Waals surface area contributed by atoms with Crippen molar-refractivity contribution in [2.24, 2.45) is 0 Å². The summed E-state index contributed by atoms with van der Waals surface area (Å²) < 4.78 is 84.6. The number of nitriles is 1. The summed E-state index contributed by atoms with van der Waals surface area (Å²) in [5.41, 5.74) is -2.47. The molecule has 0 bridgehead atoms. The molecule has 0 spiro atoms. The van der Waals surface area contributed by atoms with Crippen molar-refractivity contribution >= 4 is 17.5 Å². The number of halogens is 6. The number of hydrogen-bond donors (Lipinski definition) is 2. The number of amides is 2. The molecule has 1 saturated heterocycles. The van der Waals surface area contributed by atoms with Gasteiger partial charge in [0, 0.05) is 17.8 Å². The van der Waals surface area contributed by atoms with Gasteiger partial charge in [0.15, 0.2) is 0 Å². The second-order valence-corrected chi connectivity index (χ2v) is 7.32. The molecule has 0 radical (unpaired) electrons. The van der Waals surface area contributed by atoms with Gasteiger partial charge in [-0.15, -0.1) is 0 Å². The molecule has 33 heavy (non-hydrogen) atoms. The van der Waals surface area contributed by atoms with Crippen molar-refractivity contribution in [1.82, 2.24) is 4.90 Å². The third kappa shape index (κ3) is 4.78. The third-order valence-corrected chi connectivity index (χ3v) is 5.03. The van der Waals surface area contributed by atoms with Gasteiger partial charge in [-0.3, -0.25) is 9.59 Å². The van der Waals surface area contributed by atoms with E-state index in [9.17, 15) is 41.0 Å². The minimum Gasteiger partial charge on any atom is -0.387 e. The highest BCUT2D eigenvalue weighted by Crippen LogP contribution is 2.36. The maximum atomic E-state index is 14.8. The number of aliphatic hydroxyl groups excluding tert-OH is 1. The quantitative estimate of drug-likeness (QED) is 0.669. The van der Waals surface area contributed by atoms with Gasteiger partial charge in [0.05, 0.1) is 17.7 Å². The molecule has 2 N–H and O–H groups in total. The average molecular weight is 471 g/mol. The highest BCUT2D eigenvalue weighted by molar-refractivity contribution is 6.04. The Labute approximate surface area is 183 Å². The summed E-state index contributed by atoms with van der Waals surface area (Å²) in [4.78, 5) is 24.8. The molecule has 1 aliphatic heterocycles. The Bertz CT molecular complexity index is 1150. The van der Waals surface area contributed by atoms with Crippen LogP contribution in [0.3, 0.4) is 0 Å². The Balaban J connectivity index is 1.86. The fourth-order valence-corrected chi connectivity index (χ4v) is 3.21. The number of hydrogen-bond acceptors (Lipinski definition) is 4. The van der Waals surface area contributed by atoms with Gasteiger partial charge in [-0.25, -0.2) is 17.6 Å². The van der Waals surface area contributed by atoms with Gasteiger partial charge in [0.1, 0.15) is 23.8 Å². The van der Waals surface area contributed by atoms with Crippen LogP contribution in [0.1, 0.15) is 27.9 Å². The van der Waals surface area contributed by atoms with E-state index in [1.165, 1.54) is 0 Å². The third-order valence-electron chi connectivity index (χ3n) is 5.03. The molecule has 6 nitrogen and oxygen atoms in total. The lowest BCUT2D eigenvalue weighted by molar-refractivity contribution is -0.183. The van der Waals surface area contributed by atoms with E-state index in [0.29, 0.717) is 12.1 Å². The summed E-state index contributed by atoms with van der Waals surface area (Å²) in [6.45, 7) is -2.07. The SMILES string of the molecule is N#Cc1cc(NC(=O)c2ccc(F)c(C(F)(F)C(=O)N3CCC(O)C(F)(F)C3)c2)ccc1F. The number of rotatable bonds is 4. The zero-order chi connectivity index (χ0) is 24.6. The van der Waals surface area contributed by atoms with Gasteiger partial charge in [0.2, 0.25) is 0 Å². The number of aliphatic hydroxyl groups is 1. The molecule has 2 aromatic carbocycles. The zero-order valence-electron chi connectivity index (χ0n) is 16.6. The van der Waals surface area contributed by atoms with E-state index in [4.69, 9.17) is 5.26 Å². The fourth-order valence-electron chi connectivity index (χ4n) is 3.21. The van der Waals surface area contributed by atoms with Crippen LogP contribution in [0.2, 0.25) is 0 Å². The topological polar surface area (TPSA) is 93.4 Å². The molecule has 1 heterocycles. The van der Waals surface area contributed by atoms with Crippen LogP contribution in [0.15, 0.2) is 36.4 Å². The predicted octanol–water partition coefficient (Wildman–Crippen LogP) is 3.41. The number of alkyl halides is 4. The van der Waals surface area contributed by atoms with Crippen LogP contribution in [0.25, 0.3) is 0 Å². The smallest absolute Gasteiger partial charge is 0.352 e. The summed E-state index contributed by atoms with van der Waals surface area (Å²) >= 11 is 0. The standard InChI is InChI=1S/C21H15F6N3O3/c22-15-4-2-13(7-12(15)9-28)29-18(32)11-1-3-16(23)14(8-11)21(26,27)19(33)30-6-5-17(31)20(24,25)10-30/h1-4,7-8,17,31H,5-6,10H2,(H,29,32). The van der Waals surface area contributed by atoms with Crippen LogP contribution >= 0.6 is 0 Å². The molecule has 0 saturated carbocycles. The number of likely N-dealkylation sites (tertiary alicyclic amines) is 1. The number of benzene rings is 2. The van der Waals surface area contributed by atoms with Crippen molar-refractivity contribution in [3.8, 4) is 6.07 Å². The molecule has 1 aliphatic rings. The Morgan fingerprint density at radius 1 is 1.15 bits per heavy atom. The van der Waals surface area contributed by atoms with Crippen LogP contribution in [0.5, 0.6) is 0 Å². The van der Waals surface area contributed by atoms with Crippen molar-refractivity contribution < 1.29 is 41.0 Å². The molecule has 174 valence electrons. The Kier molecular flexibility index (Phi) is 6.37. The second-order valence-electron chi connectivity index (χ2n) is 7.32. The van der Waals surface area contributed by atoms with Gasteiger partial charge in [-0.1, -0.05) is 0 Å². The molecule has 1 atom stereocenters. The molecule has 1 fully saturated rings. The monoisotopic (exact) mass is 471 g/mol. The van der Waals surface area contributed by atoms with Crippen molar-refractivity contribution in [2.45, 2.75) is 24.4 Å². The van der Waals surface area contributed by atoms with Crippen LogP contribution in [0, 0.1) is 23.0 Å². The van der Waals surface area contributed by atoms with Crippen LogP contribution in [0.4, 0.5) is 32.0 Å². The van der Waals surface area contributed by atoms with E-state index in [1.807, 2.05) is 0 Å². The fraction of sp³-hybridized carbons (Fsp3) is 0.286. The highest BCUT2D eigenvalue weighted by atomic mass is 19.3. The minimum atomic E-state index is -4.59. The first-order valence-corrected chi connectivity index (χ1v) is 9.41. The molecular weight excluding hydrogens is 456 g/mol. The molecular formula is C21H15F6N3O3. The zero-order valence-corrected chi connectivity index (χ0v) is 16.6. The van der Waals surface area contributed by atoms with E-state index in [1.54, 1.807) is 6.07 Å². The number of carbonyl (C=O) groups is 2. The van der Waals surface area contributed by atoms with Crippen molar-refractivity contribution in [2.75, 3.05) is 18.4 Å². The molecule has 12 heteroatoms. The summed E-state index contributed by atoms with van der Waals surface area (Å²) in [7, 11) is 0. The maximum absolute atomic E-state index is 14.8. The molecule has 3 rings (SSSR count). The lowest BCUT2D eigenvalue weighted by Crippen LogP contribution is -2.56. The van der Waals surface area contributed by atoms with Gasteiger partial charge in [-0.2, -0.15) is 14.0 Å². The lowest BCUT2D eigenvalue weighted by atomic mass is 9.99. The van der Waals surface area contributed by atoms with E-state index >= 15 is 0 Å². The molecule has 0 aliphatic carbocycles. The number of nitrogens with zero attached hydrogens (tertiary/aromatic N) is 2. The summed E-state index contributed by atoms with van der Waals surface area (Å²) in [5.74, 6) is -14.0. The minimum absolute atomic E-state index is 0.0548. The van der Waals surface area contributed by atoms with E-state index < -0.39 is 77.6 Å². The van der Waals surface area contributed by atoms with Crippen molar-refractivity contribution in [1.29, 1.82) is 5.26 Å². The van der Waals surface area contributed by atoms with E-state index in [-0.39, 0.29) is 10.6 Å². The van der Waals surface area contributed by atoms with Gasteiger partial charge in [-0.05, 0) is 42.8 Å². The van der Waals surface area contributed by atoms with E-state index in [0.717, 1.165) is 24.3 Å². The first kappa shape index (κ1) is 24.1. The van der Waals surface area contributed by atoms with Gasteiger partial charge >= 0.3 is 5.92 Å². The Morgan fingerprint density at radius 2 is 1.82 bits per heavy atom. The largest absolute Gasteiger partial charge is 0.387 e. The van der Waals surface area contributed by atoms with Gasteiger partial charge < -0.3 is 15.3 Å². The average Bonchev–Trinajstić information content (AvgIpc) is 2.76. The first-order valence-electron chi connectivity index (χ1n) is 9.41. The summed E-state index contributed by atoms with van der Waals surface area (Å²) in [6, 6.07) is 6.27. The molecule has 2 aromatic rings. The normalized spacial score (nSPS) is 17.9. The molecule has 0 aromatic heterocycles. The second kappa shape index (κ2) is 8.74. The Morgan fingerprint density at radius 3 is 2.45 bits per heavy atom. The van der Waals surface area contributed by atoms with Crippen LogP contribution in [-0.4, -0.2) is 46.9 Å². The Hall–Kier alpha value is -3.59. The van der Waals surface area contributed by atoms with Crippen LogP contribution < -0.4 is 5.32 Å². The first-order chi connectivity index (χ1) is 15.4. The van der Waals surface area contributed by atoms with E-state index in [2.05, 4.69) is 5.32 Å². The van der Waals surface area contributed by atoms with Crippen molar-refractivity contribution in [3.05, 3.63) is 64.7 Å².